The van der Waals surface area contributed by atoms with Crippen molar-refractivity contribution in [2.24, 2.45) is 0 Å². The molecular formula is C9H15IO. The SMILES string of the molecule is CCC=CC(C)(O)CC=CI. The van der Waals surface area contributed by atoms with Crippen LogP contribution in [-0.2, 0) is 0 Å². The molecule has 11 heavy (non-hydrogen) atoms. The van der Waals surface area contributed by atoms with Crippen molar-refractivity contribution in [2.75, 3.05) is 0 Å². The van der Waals surface area contributed by atoms with Crippen LogP contribution < -0.4 is 0 Å². The minimum atomic E-state index is -0.669. The van der Waals surface area contributed by atoms with Crippen molar-refractivity contribution in [1.82, 2.24) is 0 Å². The lowest BCUT2D eigenvalue weighted by Crippen LogP contribution is -2.18. The third-order valence-corrected chi connectivity index (χ3v) is 1.84. The van der Waals surface area contributed by atoms with Gasteiger partial charge in [0.15, 0.2) is 0 Å². The van der Waals surface area contributed by atoms with Crippen molar-refractivity contribution in [1.29, 1.82) is 0 Å². The summed E-state index contributed by atoms with van der Waals surface area (Å²) in [5.74, 6) is 0. The Bertz CT molecular complexity index is 148. The Morgan fingerprint density at radius 3 is 2.55 bits per heavy atom. The summed E-state index contributed by atoms with van der Waals surface area (Å²) < 4.78 is 1.92. The smallest absolute Gasteiger partial charge is 0.0834 e. The molecule has 0 heterocycles. The number of hydrogen-bond donors (Lipinski definition) is 1. The largest absolute Gasteiger partial charge is 0.386 e. The van der Waals surface area contributed by atoms with E-state index in [-0.39, 0.29) is 0 Å². The van der Waals surface area contributed by atoms with Gasteiger partial charge in [-0.3, -0.25) is 0 Å². The molecule has 0 aliphatic rings. The van der Waals surface area contributed by atoms with Gasteiger partial charge < -0.3 is 5.11 Å². The Morgan fingerprint density at radius 2 is 2.09 bits per heavy atom. The fourth-order valence-corrected chi connectivity index (χ4v) is 0.977. The van der Waals surface area contributed by atoms with Crippen LogP contribution in [0.4, 0.5) is 0 Å². The van der Waals surface area contributed by atoms with E-state index in [0.29, 0.717) is 6.42 Å². The molecule has 0 aromatic rings. The van der Waals surface area contributed by atoms with E-state index in [9.17, 15) is 5.11 Å². The number of hydrogen-bond acceptors (Lipinski definition) is 1. The molecule has 0 aromatic carbocycles. The van der Waals surface area contributed by atoms with Crippen LogP contribution >= 0.6 is 22.6 Å². The van der Waals surface area contributed by atoms with Crippen molar-refractivity contribution < 1.29 is 5.11 Å². The molecule has 0 bridgehead atoms. The number of halogens is 1. The van der Waals surface area contributed by atoms with Crippen LogP contribution in [0.3, 0.4) is 0 Å². The molecule has 1 atom stereocenters. The first-order valence-corrected chi connectivity index (χ1v) is 5.02. The normalized spacial score (nSPS) is 17.8. The molecule has 0 rings (SSSR count). The highest BCUT2D eigenvalue weighted by Gasteiger charge is 2.12. The first-order valence-electron chi connectivity index (χ1n) is 3.77. The highest BCUT2D eigenvalue weighted by Crippen LogP contribution is 2.12. The van der Waals surface area contributed by atoms with Crippen LogP contribution in [0.1, 0.15) is 26.7 Å². The maximum Gasteiger partial charge on any atom is 0.0834 e. The van der Waals surface area contributed by atoms with Gasteiger partial charge in [-0.2, -0.15) is 0 Å². The van der Waals surface area contributed by atoms with E-state index in [1.807, 2.05) is 29.2 Å². The third kappa shape index (κ3) is 6.56. The minimum Gasteiger partial charge on any atom is -0.386 e. The van der Waals surface area contributed by atoms with E-state index >= 15 is 0 Å². The van der Waals surface area contributed by atoms with Gasteiger partial charge in [-0.25, -0.2) is 0 Å². The molecule has 0 saturated carbocycles. The lowest BCUT2D eigenvalue weighted by molar-refractivity contribution is 0.115. The Balaban J connectivity index is 3.88. The molecule has 0 spiro atoms. The average molecular weight is 266 g/mol. The Labute approximate surface area is 82.3 Å². The van der Waals surface area contributed by atoms with E-state index in [1.165, 1.54) is 0 Å². The highest BCUT2D eigenvalue weighted by atomic mass is 127. The lowest BCUT2D eigenvalue weighted by atomic mass is 10.0. The average Bonchev–Trinajstić information content (AvgIpc) is 1.97. The zero-order valence-corrected chi connectivity index (χ0v) is 9.21. The van der Waals surface area contributed by atoms with Crippen LogP contribution in [0.25, 0.3) is 0 Å². The second-order valence-corrected chi connectivity index (χ2v) is 3.45. The van der Waals surface area contributed by atoms with Crippen LogP contribution in [0, 0.1) is 0 Å². The molecule has 0 aliphatic heterocycles. The maximum atomic E-state index is 9.64. The van der Waals surface area contributed by atoms with Crippen LogP contribution in [-0.4, -0.2) is 10.7 Å². The molecular weight excluding hydrogens is 251 g/mol. The van der Waals surface area contributed by atoms with Gasteiger partial charge >= 0.3 is 0 Å². The fourth-order valence-electron chi connectivity index (χ4n) is 0.723. The summed E-state index contributed by atoms with van der Waals surface area (Å²) in [6.07, 6.45) is 7.46. The number of aliphatic hydroxyl groups is 1. The Morgan fingerprint density at radius 1 is 1.45 bits per heavy atom. The summed E-state index contributed by atoms with van der Waals surface area (Å²) in [6, 6.07) is 0. The van der Waals surface area contributed by atoms with Crippen LogP contribution in [0.5, 0.6) is 0 Å². The zero-order valence-electron chi connectivity index (χ0n) is 7.05. The van der Waals surface area contributed by atoms with Crippen molar-refractivity contribution in [3.05, 3.63) is 22.3 Å². The highest BCUT2D eigenvalue weighted by molar-refractivity contribution is 14.1. The van der Waals surface area contributed by atoms with Crippen LogP contribution in [0.15, 0.2) is 22.3 Å². The van der Waals surface area contributed by atoms with E-state index in [1.54, 1.807) is 0 Å². The van der Waals surface area contributed by atoms with Gasteiger partial charge in [-0.15, -0.1) is 0 Å². The van der Waals surface area contributed by atoms with Gasteiger partial charge in [0, 0.05) is 0 Å². The number of allylic oxidation sites excluding steroid dienone is 1. The lowest BCUT2D eigenvalue weighted by Gasteiger charge is -2.15. The Kier molecular flexibility index (Phi) is 5.86. The molecule has 0 saturated heterocycles. The van der Waals surface area contributed by atoms with Crippen LogP contribution in [0.2, 0.25) is 0 Å². The molecule has 0 aromatic heterocycles. The first kappa shape index (κ1) is 11.2. The molecule has 0 aliphatic carbocycles. The van der Waals surface area contributed by atoms with Crippen molar-refractivity contribution in [3.8, 4) is 0 Å². The van der Waals surface area contributed by atoms with E-state index in [4.69, 9.17) is 0 Å². The van der Waals surface area contributed by atoms with Gasteiger partial charge in [0.2, 0.25) is 0 Å². The van der Waals surface area contributed by atoms with E-state index < -0.39 is 5.60 Å². The molecule has 64 valence electrons. The number of rotatable bonds is 4. The summed E-state index contributed by atoms with van der Waals surface area (Å²) in [5, 5.41) is 9.64. The van der Waals surface area contributed by atoms with Crippen molar-refractivity contribution in [3.63, 3.8) is 0 Å². The molecule has 0 radical (unpaired) electrons. The van der Waals surface area contributed by atoms with Crippen molar-refractivity contribution in [2.45, 2.75) is 32.3 Å². The second-order valence-electron chi connectivity index (χ2n) is 2.73. The van der Waals surface area contributed by atoms with Crippen molar-refractivity contribution >= 4 is 22.6 Å². The zero-order chi connectivity index (χ0) is 8.74. The predicted octanol–water partition coefficient (Wildman–Crippen LogP) is 3.04. The molecule has 0 amide bonds. The summed E-state index contributed by atoms with van der Waals surface area (Å²) in [7, 11) is 0. The van der Waals surface area contributed by atoms with E-state index in [0.717, 1.165) is 6.42 Å². The first-order chi connectivity index (χ1) is 5.12. The van der Waals surface area contributed by atoms with Gasteiger partial charge in [0.25, 0.3) is 0 Å². The molecule has 0 fully saturated rings. The maximum absolute atomic E-state index is 9.64. The quantitative estimate of drug-likeness (QED) is 0.612. The standard InChI is InChI=1S/C9H15IO/c1-3-4-6-9(2,11)7-5-8-10/h4-6,8,11H,3,7H2,1-2H3. The van der Waals surface area contributed by atoms with Gasteiger partial charge in [-0.1, -0.05) is 47.7 Å². The van der Waals surface area contributed by atoms with Gasteiger partial charge in [0.05, 0.1) is 5.60 Å². The topological polar surface area (TPSA) is 20.2 Å². The second kappa shape index (κ2) is 5.77. The minimum absolute atomic E-state index is 0.669. The molecule has 1 unspecified atom stereocenters. The summed E-state index contributed by atoms with van der Waals surface area (Å²) >= 11 is 2.15. The predicted molar refractivity (Wildman–Crippen MR) is 57.8 cm³/mol. The van der Waals surface area contributed by atoms with Gasteiger partial charge in [-0.05, 0) is 23.8 Å². The summed E-state index contributed by atoms with van der Waals surface area (Å²) in [5.41, 5.74) is -0.669. The third-order valence-electron chi connectivity index (χ3n) is 1.33. The molecule has 1 nitrogen and oxygen atoms in total. The van der Waals surface area contributed by atoms with E-state index in [2.05, 4.69) is 29.5 Å². The fraction of sp³-hybridized carbons (Fsp3) is 0.556. The monoisotopic (exact) mass is 266 g/mol. The van der Waals surface area contributed by atoms with Gasteiger partial charge in [0.1, 0.15) is 0 Å². The summed E-state index contributed by atoms with van der Waals surface area (Å²) in [4.78, 5) is 0. The Hall–Kier alpha value is 0.170. The molecule has 2 heteroatoms. The summed E-state index contributed by atoms with van der Waals surface area (Å²) in [6.45, 7) is 3.87. The molecule has 1 N–H and O–H groups in total.